The molecule has 0 spiro atoms. The van der Waals surface area contributed by atoms with Gasteiger partial charge in [0.25, 0.3) is 0 Å². The van der Waals surface area contributed by atoms with Gasteiger partial charge in [0.15, 0.2) is 13.5 Å². The summed E-state index contributed by atoms with van der Waals surface area (Å²) in [5.74, 6) is 0.503. The fourth-order valence-electron chi connectivity index (χ4n) is 2.93. The van der Waals surface area contributed by atoms with E-state index in [1.165, 1.54) is 0 Å². The normalized spacial score (nSPS) is 18.9. The van der Waals surface area contributed by atoms with Gasteiger partial charge in [0.2, 0.25) is 5.91 Å². The highest BCUT2D eigenvalue weighted by Gasteiger charge is 2.38. The van der Waals surface area contributed by atoms with Gasteiger partial charge in [-0.2, -0.15) is 0 Å². The number of anilines is 1. The number of hydrogen-bond donors (Lipinski definition) is 1. The number of nitrogens with one attached hydrogen (secondary N) is 1. The Morgan fingerprint density at radius 1 is 1.28 bits per heavy atom. The Morgan fingerprint density at radius 3 is 2.48 bits per heavy atom. The van der Waals surface area contributed by atoms with Gasteiger partial charge in [-0.15, -0.1) is 0 Å². The van der Waals surface area contributed by atoms with Crippen LogP contribution in [-0.4, -0.2) is 43.8 Å². The second-order valence-corrected chi connectivity index (χ2v) is 16.0. The first-order valence-electron chi connectivity index (χ1n) is 10.5. The zero-order valence-corrected chi connectivity index (χ0v) is 21.1. The zero-order valence-electron chi connectivity index (χ0n) is 19.4. The van der Waals surface area contributed by atoms with Gasteiger partial charge in [-0.25, -0.2) is 4.98 Å². The number of carbonyl (C=O) groups is 1. The summed E-state index contributed by atoms with van der Waals surface area (Å²) in [6, 6.07) is 3.80. The molecule has 0 radical (unpaired) electrons. The van der Waals surface area contributed by atoms with E-state index in [4.69, 9.17) is 16.0 Å². The van der Waals surface area contributed by atoms with E-state index < -0.39 is 13.7 Å². The van der Waals surface area contributed by atoms with Crippen LogP contribution in [0.25, 0.3) is 0 Å². The average molecular weight is 440 g/mol. The lowest BCUT2D eigenvalue weighted by molar-refractivity contribution is -0.123. The standard InChI is InChI=1S/C22H38ClN3O2Si/c1-21(2,3)20(27)25-18-10-9-17(24-19(18)23)14-26-12-11-16(13-26)15-28-29(7,8)22(4,5)6/h9-10,16H,11-15H2,1-8H3,(H,25,27)/t16-/m1/s1. The highest BCUT2D eigenvalue weighted by Crippen LogP contribution is 2.37. The molecule has 1 amide bonds. The number of rotatable bonds is 6. The van der Waals surface area contributed by atoms with Crippen molar-refractivity contribution in [3.05, 3.63) is 23.0 Å². The first kappa shape index (κ1) is 24.3. The lowest BCUT2D eigenvalue weighted by atomic mass is 9.95. The summed E-state index contributed by atoms with van der Waals surface area (Å²) >= 11 is 6.32. The molecule has 1 N–H and O–H groups in total. The summed E-state index contributed by atoms with van der Waals surface area (Å²) in [7, 11) is -1.69. The maximum absolute atomic E-state index is 12.2. The second kappa shape index (κ2) is 9.04. The first-order valence-corrected chi connectivity index (χ1v) is 13.8. The molecule has 2 heterocycles. The molecule has 1 fully saturated rings. The minimum atomic E-state index is -1.69. The molecule has 164 valence electrons. The minimum Gasteiger partial charge on any atom is -0.416 e. The van der Waals surface area contributed by atoms with Gasteiger partial charge in [0.1, 0.15) is 0 Å². The third-order valence-corrected chi connectivity index (χ3v) is 10.9. The summed E-state index contributed by atoms with van der Waals surface area (Å²) in [5, 5.41) is 3.45. The van der Waals surface area contributed by atoms with Gasteiger partial charge in [-0.1, -0.05) is 53.1 Å². The van der Waals surface area contributed by atoms with E-state index in [-0.39, 0.29) is 10.9 Å². The molecule has 1 aliphatic rings. The van der Waals surface area contributed by atoms with Crippen molar-refractivity contribution in [2.75, 3.05) is 25.0 Å². The van der Waals surface area contributed by atoms with Crippen LogP contribution in [0.3, 0.4) is 0 Å². The summed E-state index contributed by atoms with van der Waals surface area (Å²) < 4.78 is 6.41. The van der Waals surface area contributed by atoms with Crippen molar-refractivity contribution in [1.82, 2.24) is 9.88 Å². The van der Waals surface area contributed by atoms with Crippen molar-refractivity contribution in [3.8, 4) is 0 Å². The highest BCUT2D eigenvalue weighted by atomic mass is 35.5. The van der Waals surface area contributed by atoms with Crippen molar-refractivity contribution in [2.45, 2.75) is 72.6 Å². The van der Waals surface area contributed by atoms with Crippen LogP contribution in [-0.2, 0) is 15.8 Å². The van der Waals surface area contributed by atoms with Gasteiger partial charge in [-0.05, 0) is 49.1 Å². The number of aromatic nitrogens is 1. The molecule has 0 aliphatic carbocycles. The minimum absolute atomic E-state index is 0.0712. The van der Waals surface area contributed by atoms with Crippen LogP contribution in [0.15, 0.2) is 12.1 Å². The molecule has 0 unspecified atom stereocenters. The van der Waals surface area contributed by atoms with E-state index in [1.807, 2.05) is 32.9 Å². The summed E-state index contributed by atoms with van der Waals surface area (Å²) in [5.41, 5.74) is 1.02. The lowest BCUT2D eigenvalue weighted by Gasteiger charge is -2.37. The maximum atomic E-state index is 12.2. The molecular weight excluding hydrogens is 402 g/mol. The van der Waals surface area contributed by atoms with Crippen LogP contribution < -0.4 is 5.32 Å². The largest absolute Gasteiger partial charge is 0.416 e. The van der Waals surface area contributed by atoms with Crippen molar-refractivity contribution in [2.24, 2.45) is 11.3 Å². The fourth-order valence-corrected chi connectivity index (χ4v) is 4.23. The number of nitrogens with zero attached hydrogens (tertiary/aromatic N) is 2. The van der Waals surface area contributed by atoms with E-state index in [1.54, 1.807) is 0 Å². The number of hydrogen-bond acceptors (Lipinski definition) is 4. The smallest absolute Gasteiger partial charge is 0.229 e. The topological polar surface area (TPSA) is 54.5 Å². The van der Waals surface area contributed by atoms with Crippen LogP contribution in [0, 0.1) is 11.3 Å². The Balaban J connectivity index is 1.88. The molecule has 1 saturated heterocycles. The Morgan fingerprint density at radius 2 is 1.93 bits per heavy atom. The predicted octanol–water partition coefficient (Wildman–Crippen LogP) is 5.56. The molecule has 2 rings (SSSR count). The first-order chi connectivity index (χ1) is 13.2. The Labute approximate surface area is 182 Å². The van der Waals surface area contributed by atoms with Crippen LogP contribution in [0.2, 0.25) is 23.3 Å². The van der Waals surface area contributed by atoms with Gasteiger partial charge in [0.05, 0.1) is 11.4 Å². The quantitative estimate of drug-likeness (QED) is 0.465. The van der Waals surface area contributed by atoms with Gasteiger partial charge in [-0.3, -0.25) is 9.69 Å². The van der Waals surface area contributed by atoms with E-state index in [0.717, 1.165) is 38.4 Å². The molecular formula is C22H38ClN3O2Si. The SMILES string of the molecule is CC(C)(C)C(=O)Nc1ccc(CN2CC[C@@H](CO[Si](C)(C)C(C)(C)C)C2)nc1Cl. The molecule has 0 bridgehead atoms. The number of likely N-dealkylation sites (tertiary alicyclic amines) is 1. The van der Waals surface area contributed by atoms with Crippen LogP contribution in [0.4, 0.5) is 5.69 Å². The van der Waals surface area contributed by atoms with Crippen LogP contribution in [0.1, 0.15) is 53.7 Å². The van der Waals surface area contributed by atoms with Gasteiger partial charge < -0.3 is 9.74 Å². The van der Waals surface area contributed by atoms with E-state index >= 15 is 0 Å². The van der Waals surface area contributed by atoms with Gasteiger partial charge >= 0.3 is 0 Å². The summed E-state index contributed by atoms with van der Waals surface area (Å²) in [4.78, 5) is 19.1. The summed E-state index contributed by atoms with van der Waals surface area (Å²) in [6.07, 6.45) is 1.15. The molecule has 1 aromatic rings. The molecule has 1 aliphatic heterocycles. The van der Waals surface area contributed by atoms with Crippen molar-refractivity contribution < 1.29 is 9.22 Å². The van der Waals surface area contributed by atoms with Crippen molar-refractivity contribution in [3.63, 3.8) is 0 Å². The molecule has 1 aromatic heterocycles. The Bertz CT molecular complexity index is 726. The molecule has 7 heteroatoms. The van der Waals surface area contributed by atoms with Gasteiger partial charge in [0, 0.05) is 25.1 Å². The third-order valence-electron chi connectivity index (χ3n) is 6.08. The van der Waals surface area contributed by atoms with Crippen LogP contribution in [0.5, 0.6) is 0 Å². The molecule has 29 heavy (non-hydrogen) atoms. The van der Waals surface area contributed by atoms with E-state index in [0.29, 0.717) is 16.8 Å². The monoisotopic (exact) mass is 439 g/mol. The van der Waals surface area contributed by atoms with Crippen molar-refractivity contribution >= 4 is 31.5 Å². The predicted molar refractivity (Wildman–Crippen MR) is 124 cm³/mol. The molecule has 0 saturated carbocycles. The van der Waals surface area contributed by atoms with Crippen molar-refractivity contribution in [1.29, 1.82) is 0 Å². The highest BCUT2D eigenvalue weighted by molar-refractivity contribution is 6.74. The third kappa shape index (κ3) is 6.77. The average Bonchev–Trinajstić information content (AvgIpc) is 3.01. The molecule has 0 aromatic carbocycles. The van der Waals surface area contributed by atoms with E-state index in [2.05, 4.69) is 49.1 Å². The molecule has 1 atom stereocenters. The van der Waals surface area contributed by atoms with E-state index in [9.17, 15) is 4.79 Å². The Kier molecular flexibility index (Phi) is 7.58. The number of halogens is 1. The second-order valence-electron chi connectivity index (χ2n) is 10.8. The number of amides is 1. The number of carbonyl (C=O) groups excluding carboxylic acids is 1. The number of pyridine rings is 1. The Hall–Kier alpha value is -0.953. The fraction of sp³-hybridized carbons (Fsp3) is 0.727. The lowest BCUT2D eigenvalue weighted by Crippen LogP contribution is -2.42. The molecule has 5 nitrogen and oxygen atoms in total. The maximum Gasteiger partial charge on any atom is 0.229 e. The zero-order chi connectivity index (χ0) is 22.0. The van der Waals surface area contributed by atoms with Crippen LogP contribution >= 0.6 is 11.6 Å². The summed E-state index contributed by atoms with van der Waals surface area (Å²) in [6.45, 7) is 20.8.